The third-order valence-corrected chi connectivity index (χ3v) is 9.71. The van der Waals surface area contributed by atoms with Crippen LogP contribution in [0.5, 0.6) is 0 Å². The van der Waals surface area contributed by atoms with Crippen molar-refractivity contribution in [2.24, 2.45) is 9.36 Å². The average molecular weight is 495 g/mol. The number of para-hydroxylation sites is 1. The first kappa shape index (κ1) is 20.9. The van der Waals surface area contributed by atoms with Gasteiger partial charge in [0.2, 0.25) is 0 Å². The fourth-order valence-electron chi connectivity index (χ4n) is 6.66. The maximum absolute atomic E-state index is 13.7. The predicted molar refractivity (Wildman–Crippen MR) is 150 cm³/mol. The number of hydrogen-bond acceptors (Lipinski definition) is 3. The summed E-state index contributed by atoms with van der Waals surface area (Å²) in [4.78, 5) is 5.63. The first-order valence-electron chi connectivity index (χ1n) is 12.4. The van der Waals surface area contributed by atoms with Crippen molar-refractivity contribution < 1.29 is 4.21 Å². The van der Waals surface area contributed by atoms with E-state index >= 15 is 0 Å². The third kappa shape index (κ3) is 2.55. The molecule has 1 unspecified atom stereocenters. The van der Waals surface area contributed by atoms with E-state index in [9.17, 15) is 4.21 Å². The fourth-order valence-corrected chi connectivity index (χ4v) is 8.06. The first-order valence-corrected chi connectivity index (χ1v) is 14.4. The van der Waals surface area contributed by atoms with Gasteiger partial charge in [-0.1, -0.05) is 103 Å². The van der Waals surface area contributed by atoms with E-state index in [2.05, 4.69) is 91.0 Å². The van der Waals surface area contributed by atoms with E-state index in [0.717, 1.165) is 16.8 Å². The predicted octanol–water partition coefficient (Wildman–Crippen LogP) is 7.58. The van der Waals surface area contributed by atoms with Gasteiger partial charge in [0.05, 0.1) is 25.7 Å². The Kier molecular flexibility index (Phi) is 4.03. The Morgan fingerprint density at radius 2 is 1.08 bits per heavy atom. The van der Waals surface area contributed by atoms with E-state index in [-0.39, 0.29) is 0 Å². The van der Waals surface area contributed by atoms with Crippen molar-refractivity contribution in [3.63, 3.8) is 0 Å². The van der Waals surface area contributed by atoms with E-state index in [4.69, 9.17) is 9.36 Å². The molecule has 0 N–H and O–H groups in total. The van der Waals surface area contributed by atoms with E-state index in [1.54, 1.807) is 6.26 Å². The van der Waals surface area contributed by atoms with Gasteiger partial charge < -0.3 is 0 Å². The molecule has 1 spiro atoms. The Balaban J connectivity index is 1.50. The van der Waals surface area contributed by atoms with Crippen LogP contribution in [-0.2, 0) is 15.1 Å². The molecule has 176 valence electrons. The maximum atomic E-state index is 13.7. The molecule has 1 atom stereocenters. The molecule has 1 aliphatic heterocycles. The molecule has 4 heteroatoms. The van der Waals surface area contributed by atoms with Crippen LogP contribution in [0.4, 0.5) is 5.69 Å². The monoisotopic (exact) mass is 494 g/mol. The van der Waals surface area contributed by atoms with Gasteiger partial charge in [-0.15, -0.1) is 0 Å². The molecule has 0 saturated carbocycles. The van der Waals surface area contributed by atoms with Crippen molar-refractivity contribution in [2.75, 3.05) is 6.26 Å². The number of rotatable bonds is 1. The standard InChI is InChI=1S/C33H22N2OS/c1-37(36)30-20-9-8-19-29(30)34-32(35-37)24-14-10-18-28-31(24)23-13-4-7-17-27(23)33(28)25-15-5-2-11-21(25)22-12-3-6-16-26(22)33/h2-20H,1H3. The summed E-state index contributed by atoms with van der Waals surface area (Å²) in [5.74, 6) is 0.537. The molecular formula is C33H22N2OS. The molecule has 0 aromatic heterocycles. The number of hydrogen-bond donors (Lipinski definition) is 0. The molecule has 0 amide bonds. The van der Waals surface area contributed by atoms with Gasteiger partial charge in [-0.25, -0.2) is 9.20 Å². The molecule has 2 aliphatic carbocycles. The second-order valence-electron chi connectivity index (χ2n) is 9.91. The van der Waals surface area contributed by atoms with Crippen LogP contribution >= 0.6 is 0 Å². The zero-order valence-corrected chi connectivity index (χ0v) is 21.0. The van der Waals surface area contributed by atoms with Crippen molar-refractivity contribution in [1.29, 1.82) is 0 Å². The third-order valence-electron chi connectivity index (χ3n) is 8.02. The average Bonchev–Trinajstić information content (AvgIpc) is 3.40. The second-order valence-corrected chi connectivity index (χ2v) is 12.1. The highest BCUT2D eigenvalue weighted by molar-refractivity contribution is 7.93. The molecule has 3 nitrogen and oxygen atoms in total. The van der Waals surface area contributed by atoms with E-state index in [1.807, 2.05) is 24.3 Å². The Hall–Kier alpha value is -4.28. The minimum atomic E-state index is -2.61. The van der Waals surface area contributed by atoms with Crippen LogP contribution in [0.2, 0.25) is 0 Å². The van der Waals surface area contributed by atoms with Crippen molar-refractivity contribution >= 4 is 21.3 Å². The highest BCUT2D eigenvalue weighted by atomic mass is 32.2. The van der Waals surface area contributed by atoms with Crippen LogP contribution in [0.1, 0.15) is 27.8 Å². The number of aliphatic imine (C=N–C) groups is 1. The molecular weight excluding hydrogens is 472 g/mol. The lowest BCUT2D eigenvalue weighted by molar-refractivity contribution is 0.681. The minimum absolute atomic E-state index is 0.421. The zero-order chi connectivity index (χ0) is 24.8. The van der Waals surface area contributed by atoms with Crippen LogP contribution in [0.3, 0.4) is 0 Å². The molecule has 3 aliphatic rings. The van der Waals surface area contributed by atoms with Gasteiger partial charge in [-0.05, 0) is 56.6 Å². The highest BCUT2D eigenvalue weighted by Gasteiger charge is 2.52. The van der Waals surface area contributed by atoms with Crippen LogP contribution in [0.25, 0.3) is 22.3 Å². The smallest absolute Gasteiger partial charge is 0.170 e. The Bertz CT molecular complexity index is 1910. The summed E-state index contributed by atoms with van der Waals surface area (Å²) in [7, 11) is -2.61. The molecule has 0 radical (unpaired) electrons. The van der Waals surface area contributed by atoms with E-state index in [0.29, 0.717) is 10.7 Å². The normalized spacial score (nSPS) is 19.2. The molecule has 0 fully saturated rings. The summed E-state index contributed by atoms with van der Waals surface area (Å²) in [6, 6.07) is 40.3. The fraction of sp³-hybridized carbons (Fsp3) is 0.0606. The Morgan fingerprint density at radius 1 is 0.568 bits per heavy atom. The topological polar surface area (TPSA) is 41.8 Å². The summed E-state index contributed by atoms with van der Waals surface area (Å²) < 4.78 is 18.4. The Morgan fingerprint density at radius 3 is 1.78 bits per heavy atom. The molecule has 5 aromatic carbocycles. The van der Waals surface area contributed by atoms with Crippen molar-refractivity contribution in [1.82, 2.24) is 0 Å². The summed E-state index contributed by atoms with van der Waals surface area (Å²) in [6.45, 7) is 0. The van der Waals surface area contributed by atoms with Gasteiger partial charge in [0.15, 0.2) is 5.84 Å². The molecule has 8 rings (SSSR count). The first-order chi connectivity index (χ1) is 18.1. The van der Waals surface area contributed by atoms with Gasteiger partial charge in [0.25, 0.3) is 0 Å². The van der Waals surface area contributed by atoms with Gasteiger partial charge >= 0.3 is 0 Å². The SMILES string of the molecule is CS1(=O)=NC(c2cccc3c2-c2ccccc2C32c3ccccc3-c3ccccc32)=Nc2ccccc21. The lowest BCUT2D eigenvalue weighted by Gasteiger charge is -2.30. The molecule has 0 bridgehead atoms. The molecule has 0 saturated heterocycles. The lowest BCUT2D eigenvalue weighted by Crippen LogP contribution is -2.26. The maximum Gasteiger partial charge on any atom is 0.170 e. The summed E-state index contributed by atoms with van der Waals surface area (Å²) in [6.07, 6.45) is 1.71. The van der Waals surface area contributed by atoms with Crippen LogP contribution in [0, 0.1) is 0 Å². The van der Waals surface area contributed by atoms with Gasteiger partial charge in [0.1, 0.15) is 0 Å². The number of benzene rings is 5. The van der Waals surface area contributed by atoms with E-state index in [1.165, 1.54) is 38.9 Å². The summed E-state index contributed by atoms with van der Waals surface area (Å²) >= 11 is 0. The minimum Gasteiger partial charge on any atom is -0.245 e. The van der Waals surface area contributed by atoms with E-state index < -0.39 is 15.1 Å². The quantitative estimate of drug-likeness (QED) is 0.232. The van der Waals surface area contributed by atoms with Crippen molar-refractivity contribution in [2.45, 2.75) is 10.3 Å². The van der Waals surface area contributed by atoms with Crippen LogP contribution < -0.4 is 0 Å². The van der Waals surface area contributed by atoms with Crippen LogP contribution in [0.15, 0.2) is 130 Å². The molecule has 5 aromatic rings. The zero-order valence-electron chi connectivity index (χ0n) is 20.2. The Labute approximate surface area is 216 Å². The van der Waals surface area contributed by atoms with Crippen LogP contribution in [-0.4, -0.2) is 16.3 Å². The molecule has 37 heavy (non-hydrogen) atoms. The largest absolute Gasteiger partial charge is 0.245 e. The lowest BCUT2D eigenvalue weighted by atomic mass is 9.70. The van der Waals surface area contributed by atoms with Gasteiger partial charge in [0, 0.05) is 11.8 Å². The van der Waals surface area contributed by atoms with Crippen molar-refractivity contribution in [3.05, 3.63) is 143 Å². The molecule has 1 heterocycles. The summed E-state index contributed by atoms with van der Waals surface area (Å²) in [5.41, 5.74) is 11.2. The number of amidine groups is 1. The van der Waals surface area contributed by atoms with Gasteiger partial charge in [-0.3, -0.25) is 0 Å². The number of nitrogens with zero attached hydrogens (tertiary/aromatic N) is 2. The summed E-state index contributed by atoms with van der Waals surface area (Å²) in [5, 5.41) is 0. The van der Waals surface area contributed by atoms with Gasteiger partial charge in [-0.2, -0.15) is 4.36 Å². The highest BCUT2D eigenvalue weighted by Crippen LogP contribution is 2.63. The van der Waals surface area contributed by atoms with Crippen molar-refractivity contribution in [3.8, 4) is 22.3 Å². The second kappa shape index (κ2) is 7.15. The number of fused-ring (bicyclic) bond motifs is 11.